The third-order valence-corrected chi connectivity index (χ3v) is 3.96. The van der Waals surface area contributed by atoms with Crippen molar-refractivity contribution in [3.8, 4) is 5.88 Å². The first-order valence-corrected chi connectivity index (χ1v) is 7.46. The lowest BCUT2D eigenvalue weighted by Crippen LogP contribution is -2.23. The molecule has 3 nitrogen and oxygen atoms in total. The highest BCUT2D eigenvalue weighted by Gasteiger charge is 2.20. The zero-order valence-corrected chi connectivity index (χ0v) is 12.4. The molecule has 0 amide bonds. The first-order valence-electron chi connectivity index (χ1n) is 7.46. The molecule has 3 heteroatoms. The van der Waals surface area contributed by atoms with Gasteiger partial charge >= 0.3 is 0 Å². The van der Waals surface area contributed by atoms with Crippen LogP contribution in [0, 0.1) is 5.92 Å². The average Bonchev–Trinajstić information content (AvgIpc) is 2.41. The Morgan fingerprint density at radius 2 is 1.95 bits per heavy atom. The van der Waals surface area contributed by atoms with Crippen molar-refractivity contribution in [2.45, 2.75) is 65.0 Å². The molecule has 0 spiro atoms. The number of rotatable bonds is 4. The van der Waals surface area contributed by atoms with Crippen molar-refractivity contribution >= 4 is 0 Å². The van der Waals surface area contributed by atoms with Gasteiger partial charge in [0.1, 0.15) is 6.10 Å². The Kier molecular flexibility index (Phi) is 4.81. The fraction of sp³-hybridized carbons (Fsp3) is 0.688. The molecule has 1 aromatic rings. The number of nitrogens with zero attached hydrogens (tertiary/aromatic N) is 1. The van der Waals surface area contributed by atoms with Crippen LogP contribution in [-0.2, 0) is 6.54 Å². The highest BCUT2D eigenvalue weighted by molar-refractivity contribution is 5.26. The Morgan fingerprint density at radius 3 is 2.53 bits per heavy atom. The van der Waals surface area contributed by atoms with Crippen molar-refractivity contribution in [2.24, 2.45) is 11.7 Å². The van der Waals surface area contributed by atoms with Crippen LogP contribution < -0.4 is 10.5 Å². The van der Waals surface area contributed by atoms with Gasteiger partial charge in [0.05, 0.1) is 0 Å². The molecule has 0 saturated heterocycles. The third-order valence-electron chi connectivity index (χ3n) is 3.96. The molecule has 106 valence electrons. The van der Waals surface area contributed by atoms with Crippen molar-refractivity contribution in [3.05, 3.63) is 23.4 Å². The van der Waals surface area contributed by atoms with Crippen LogP contribution in [0.5, 0.6) is 5.88 Å². The van der Waals surface area contributed by atoms with Gasteiger partial charge in [-0.1, -0.05) is 20.8 Å². The smallest absolute Gasteiger partial charge is 0.214 e. The van der Waals surface area contributed by atoms with Crippen LogP contribution in [0.3, 0.4) is 0 Å². The molecule has 1 heterocycles. The molecular formula is C16H26N2O. The molecule has 1 aliphatic carbocycles. The quantitative estimate of drug-likeness (QED) is 0.901. The fourth-order valence-electron chi connectivity index (χ4n) is 2.57. The summed E-state index contributed by atoms with van der Waals surface area (Å²) in [5, 5.41) is 0. The molecule has 0 aromatic carbocycles. The van der Waals surface area contributed by atoms with Gasteiger partial charge in [0.15, 0.2) is 0 Å². The zero-order valence-electron chi connectivity index (χ0n) is 12.4. The van der Waals surface area contributed by atoms with E-state index < -0.39 is 0 Å². The second-order valence-corrected chi connectivity index (χ2v) is 6.10. The predicted molar refractivity (Wildman–Crippen MR) is 78.3 cm³/mol. The van der Waals surface area contributed by atoms with Crippen LogP contribution >= 0.6 is 0 Å². The molecule has 1 aromatic heterocycles. The van der Waals surface area contributed by atoms with Gasteiger partial charge in [-0.25, -0.2) is 4.98 Å². The first kappa shape index (κ1) is 14.3. The van der Waals surface area contributed by atoms with Crippen molar-refractivity contribution < 1.29 is 4.74 Å². The molecule has 1 fully saturated rings. The maximum atomic E-state index is 6.07. The van der Waals surface area contributed by atoms with Crippen LogP contribution in [0.15, 0.2) is 12.1 Å². The zero-order chi connectivity index (χ0) is 13.8. The van der Waals surface area contributed by atoms with E-state index in [0.717, 1.165) is 35.9 Å². The van der Waals surface area contributed by atoms with Crippen molar-refractivity contribution in [1.82, 2.24) is 4.98 Å². The van der Waals surface area contributed by atoms with Crippen LogP contribution in [0.2, 0.25) is 0 Å². The van der Waals surface area contributed by atoms with E-state index in [9.17, 15) is 0 Å². The van der Waals surface area contributed by atoms with Crippen LogP contribution in [-0.4, -0.2) is 11.1 Å². The summed E-state index contributed by atoms with van der Waals surface area (Å²) in [4.78, 5) is 4.62. The van der Waals surface area contributed by atoms with Crippen LogP contribution in [0.4, 0.5) is 0 Å². The number of pyridine rings is 1. The molecule has 19 heavy (non-hydrogen) atoms. The van der Waals surface area contributed by atoms with E-state index >= 15 is 0 Å². The predicted octanol–water partition coefficient (Wildman–Crippen LogP) is 3.62. The second-order valence-electron chi connectivity index (χ2n) is 6.10. The molecule has 2 N–H and O–H groups in total. The Hall–Kier alpha value is -1.09. The van der Waals surface area contributed by atoms with Gasteiger partial charge in [-0.3, -0.25) is 0 Å². The summed E-state index contributed by atoms with van der Waals surface area (Å²) in [6.45, 7) is 7.16. The van der Waals surface area contributed by atoms with E-state index in [0.29, 0.717) is 18.6 Å². The van der Waals surface area contributed by atoms with Gasteiger partial charge in [-0.15, -0.1) is 0 Å². The van der Waals surface area contributed by atoms with E-state index in [-0.39, 0.29) is 0 Å². The van der Waals surface area contributed by atoms with Gasteiger partial charge < -0.3 is 10.5 Å². The highest BCUT2D eigenvalue weighted by atomic mass is 16.5. The number of hydrogen-bond acceptors (Lipinski definition) is 3. The second kappa shape index (κ2) is 6.38. The third kappa shape index (κ3) is 3.93. The largest absolute Gasteiger partial charge is 0.474 e. The molecule has 0 bridgehead atoms. The minimum absolute atomic E-state index is 0.330. The maximum absolute atomic E-state index is 6.07. The van der Waals surface area contributed by atoms with E-state index in [1.165, 1.54) is 12.8 Å². The fourth-order valence-corrected chi connectivity index (χ4v) is 2.57. The standard InChI is InChI=1S/C16H26N2O/c1-11(2)15-8-13(10-17)9-16(18-15)19-14-6-4-12(3)5-7-14/h8-9,11-12,14H,4-7,10,17H2,1-3H3. The highest BCUT2D eigenvalue weighted by Crippen LogP contribution is 2.27. The Morgan fingerprint density at radius 1 is 1.26 bits per heavy atom. The van der Waals surface area contributed by atoms with Gasteiger partial charge in [-0.05, 0) is 49.1 Å². The summed E-state index contributed by atoms with van der Waals surface area (Å²) >= 11 is 0. The SMILES string of the molecule is CC1CCC(Oc2cc(CN)cc(C(C)C)n2)CC1. The van der Waals surface area contributed by atoms with Gasteiger partial charge in [0, 0.05) is 18.3 Å². The van der Waals surface area contributed by atoms with Gasteiger partial charge in [0.2, 0.25) is 5.88 Å². The molecular weight excluding hydrogens is 236 g/mol. The molecule has 2 rings (SSSR count). The molecule has 1 saturated carbocycles. The summed E-state index contributed by atoms with van der Waals surface area (Å²) in [6.07, 6.45) is 5.15. The molecule has 0 unspecified atom stereocenters. The first-order chi connectivity index (χ1) is 9.08. The van der Waals surface area contributed by atoms with Crippen LogP contribution in [0.1, 0.15) is 63.6 Å². The number of aromatic nitrogens is 1. The van der Waals surface area contributed by atoms with Crippen molar-refractivity contribution in [1.29, 1.82) is 0 Å². The van der Waals surface area contributed by atoms with E-state index in [1.54, 1.807) is 0 Å². The minimum Gasteiger partial charge on any atom is -0.474 e. The van der Waals surface area contributed by atoms with Crippen molar-refractivity contribution in [3.63, 3.8) is 0 Å². The summed E-state index contributed by atoms with van der Waals surface area (Å²) in [7, 11) is 0. The lowest BCUT2D eigenvalue weighted by Gasteiger charge is -2.26. The summed E-state index contributed by atoms with van der Waals surface area (Å²) in [5.41, 5.74) is 7.94. The average molecular weight is 262 g/mol. The topological polar surface area (TPSA) is 48.1 Å². The Bertz CT molecular complexity index is 409. The maximum Gasteiger partial charge on any atom is 0.214 e. The molecule has 0 radical (unpaired) electrons. The number of hydrogen-bond donors (Lipinski definition) is 1. The van der Waals surface area contributed by atoms with Crippen molar-refractivity contribution in [2.75, 3.05) is 0 Å². The molecule has 1 aliphatic rings. The Balaban J connectivity index is 2.08. The Labute approximate surface area is 116 Å². The molecule has 0 aliphatic heterocycles. The molecule has 0 atom stereocenters. The van der Waals surface area contributed by atoms with Gasteiger partial charge in [0.25, 0.3) is 0 Å². The summed E-state index contributed by atoms with van der Waals surface area (Å²) in [5.74, 6) is 2.00. The minimum atomic E-state index is 0.330. The summed E-state index contributed by atoms with van der Waals surface area (Å²) < 4.78 is 6.07. The van der Waals surface area contributed by atoms with E-state index in [1.807, 2.05) is 6.07 Å². The monoisotopic (exact) mass is 262 g/mol. The van der Waals surface area contributed by atoms with E-state index in [2.05, 4.69) is 31.8 Å². The van der Waals surface area contributed by atoms with Crippen LogP contribution in [0.25, 0.3) is 0 Å². The van der Waals surface area contributed by atoms with E-state index in [4.69, 9.17) is 10.5 Å². The number of ether oxygens (including phenoxy) is 1. The lowest BCUT2D eigenvalue weighted by molar-refractivity contribution is 0.129. The van der Waals surface area contributed by atoms with Gasteiger partial charge in [-0.2, -0.15) is 0 Å². The lowest BCUT2D eigenvalue weighted by atomic mass is 9.89. The normalized spacial score (nSPS) is 23.6. The summed E-state index contributed by atoms with van der Waals surface area (Å²) in [6, 6.07) is 4.07. The number of nitrogens with two attached hydrogens (primary N) is 1.